The Hall–Kier alpha value is -1.98. The van der Waals surface area contributed by atoms with Gasteiger partial charge in [0.25, 0.3) is 7.82 Å². The summed E-state index contributed by atoms with van der Waals surface area (Å²) in [6.07, 6.45) is 13.4. The van der Waals surface area contributed by atoms with E-state index in [4.69, 9.17) is 4.89 Å². The normalized spacial score (nSPS) is 13.4. The molecule has 0 saturated heterocycles. The van der Waals surface area contributed by atoms with Crippen molar-refractivity contribution >= 4 is 25.7 Å². The lowest BCUT2D eigenvalue weighted by Crippen LogP contribution is -2.33. The van der Waals surface area contributed by atoms with E-state index in [1.807, 2.05) is 29.1 Å². The Kier molecular flexibility index (Phi) is 11.0. The number of unbranched alkanes of at least 4 members (excludes halogenated alkanes) is 2. The van der Waals surface area contributed by atoms with Crippen LogP contribution in [0.15, 0.2) is 48.8 Å². The number of hydrogen-bond acceptors (Lipinski definition) is 4. The summed E-state index contributed by atoms with van der Waals surface area (Å²) >= 11 is 0. The molecule has 1 atom stereocenters. The molecule has 0 radical (unpaired) electrons. The number of aromatic nitrogens is 1. The lowest BCUT2D eigenvalue weighted by Gasteiger charge is -2.24. The Balaban J connectivity index is 1.89. The average molecular weight is 447 g/mol. The van der Waals surface area contributed by atoms with Crippen LogP contribution >= 0.6 is 7.82 Å². The molecule has 7 heteroatoms. The maximum absolute atomic E-state index is 10.6. The molecule has 1 aromatic heterocycles. The first kappa shape index (κ1) is 25.3. The van der Waals surface area contributed by atoms with E-state index in [2.05, 4.69) is 59.7 Å². The van der Waals surface area contributed by atoms with Gasteiger partial charge in [-0.15, -0.1) is 0 Å². The summed E-state index contributed by atoms with van der Waals surface area (Å²) in [7, 11) is -4.62. The second kappa shape index (κ2) is 13.4. The topological polar surface area (TPSA) is 76.7 Å². The molecule has 1 heterocycles. The molecule has 0 spiro atoms. The van der Waals surface area contributed by atoms with E-state index in [0.29, 0.717) is 13.0 Å². The molecule has 0 aliphatic carbocycles. The van der Waals surface area contributed by atoms with Gasteiger partial charge in [-0.2, -0.15) is 0 Å². The SMILES string of the molecule is CCCCN(CCCC)c1ccc(/C=C/c2cc[n+](CCCOP(=O)([O-])O)cc2)cc1. The van der Waals surface area contributed by atoms with Crippen LogP contribution < -0.4 is 14.4 Å². The zero-order valence-electron chi connectivity index (χ0n) is 18.7. The summed E-state index contributed by atoms with van der Waals surface area (Å²) in [4.78, 5) is 21.6. The van der Waals surface area contributed by atoms with Gasteiger partial charge in [0, 0.05) is 37.3 Å². The highest BCUT2D eigenvalue weighted by molar-refractivity contribution is 7.44. The van der Waals surface area contributed by atoms with Crippen molar-refractivity contribution in [2.24, 2.45) is 0 Å². The molecule has 31 heavy (non-hydrogen) atoms. The molecule has 0 aliphatic heterocycles. The molecule has 6 nitrogen and oxygen atoms in total. The van der Waals surface area contributed by atoms with Gasteiger partial charge >= 0.3 is 0 Å². The molecular weight excluding hydrogens is 411 g/mol. The second-order valence-electron chi connectivity index (χ2n) is 7.64. The Morgan fingerprint density at radius 1 is 0.968 bits per heavy atom. The zero-order valence-corrected chi connectivity index (χ0v) is 19.5. The Labute approximate surface area is 186 Å². The maximum Gasteiger partial charge on any atom is 0.265 e. The van der Waals surface area contributed by atoms with Crippen LogP contribution in [-0.2, 0) is 15.6 Å². The summed E-state index contributed by atoms with van der Waals surface area (Å²) in [6, 6.07) is 12.8. The maximum atomic E-state index is 10.6. The van der Waals surface area contributed by atoms with Crippen LogP contribution in [0, 0.1) is 0 Å². The fraction of sp³-hybridized carbons (Fsp3) is 0.458. The highest BCUT2D eigenvalue weighted by Gasteiger charge is 2.06. The van der Waals surface area contributed by atoms with E-state index in [1.54, 1.807) is 0 Å². The number of phosphoric ester groups is 1. The van der Waals surface area contributed by atoms with E-state index in [1.165, 1.54) is 31.4 Å². The van der Waals surface area contributed by atoms with Crippen LogP contribution in [0.5, 0.6) is 0 Å². The molecule has 1 N–H and O–H groups in total. The molecule has 0 amide bonds. The van der Waals surface area contributed by atoms with Gasteiger partial charge in [0.1, 0.15) is 0 Å². The third-order valence-corrected chi connectivity index (χ3v) is 5.53. The highest BCUT2D eigenvalue weighted by atomic mass is 31.2. The number of benzene rings is 1. The number of pyridine rings is 1. The van der Waals surface area contributed by atoms with Crippen molar-refractivity contribution in [3.63, 3.8) is 0 Å². The van der Waals surface area contributed by atoms with Crippen molar-refractivity contribution in [1.82, 2.24) is 0 Å². The minimum absolute atomic E-state index is 0.0315. The quantitative estimate of drug-likeness (QED) is 0.264. The fourth-order valence-electron chi connectivity index (χ4n) is 3.21. The number of aryl methyl sites for hydroxylation is 1. The third kappa shape index (κ3) is 10.3. The van der Waals surface area contributed by atoms with Crippen molar-refractivity contribution in [1.29, 1.82) is 0 Å². The molecule has 0 fully saturated rings. The molecule has 0 saturated carbocycles. The lowest BCUT2D eigenvalue weighted by molar-refractivity contribution is -0.697. The summed E-state index contributed by atoms with van der Waals surface area (Å²) < 4.78 is 16.9. The van der Waals surface area contributed by atoms with Crippen molar-refractivity contribution in [3.8, 4) is 0 Å². The molecule has 1 unspecified atom stereocenters. The van der Waals surface area contributed by atoms with Crippen molar-refractivity contribution < 1.29 is 23.4 Å². The van der Waals surface area contributed by atoms with Gasteiger partial charge in [-0.25, -0.2) is 4.57 Å². The van der Waals surface area contributed by atoms with Crippen molar-refractivity contribution in [2.75, 3.05) is 24.6 Å². The summed E-state index contributed by atoms with van der Waals surface area (Å²) in [5.74, 6) is 0. The van der Waals surface area contributed by atoms with Gasteiger partial charge in [-0.05, 0) is 36.1 Å². The summed E-state index contributed by atoms with van der Waals surface area (Å²) in [6.45, 7) is 7.26. The number of nitrogens with zero attached hydrogens (tertiary/aromatic N) is 2. The Bertz CT molecular complexity index is 824. The van der Waals surface area contributed by atoms with Crippen molar-refractivity contribution in [3.05, 3.63) is 59.9 Å². The highest BCUT2D eigenvalue weighted by Crippen LogP contribution is 2.29. The minimum atomic E-state index is -4.62. The molecule has 2 aromatic rings. The molecule has 1 aromatic carbocycles. The van der Waals surface area contributed by atoms with Crippen LogP contribution in [0.2, 0.25) is 0 Å². The van der Waals surface area contributed by atoms with Gasteiger partial charge in [-0.1, -0.05) is 51.0 Å². The number of phosphoric acid groups is 1. The van der Waals surface area contributed by atoms with Crippen LogP contribution in [-0.4, -0.2) is 24.6 Å². The number of hydrogen-bond donors (Lipinski definition) is 1. The fourth-order valence-corrected chi connectivity index (χ4v) is 3.57. The van der Waals surface area contributed by atoms with Gasteiger partial charge in [0.05, 0.1) is 6.61 Å². The molecule has 0 bridgehead atoms. The van der Waals surface area contributed by atoms with E-state index in [-0.39, 0.29) is 6.61 Å². The summed E-state index contributed by atoms with van der Waals surface area (Å²) in [5.41, 5.74) is 3.54. The first-order valence-electron chi connectivity index (χ1n) is 11.1. The Morgan fingerprint density at radius 3 is 2.03 bits per heavy atom. The molecule has 170 valence electrons. The smallest absolute Gasteiger partial charge is 0.265 e. The van der Waals surface area contributed by atoms with Gasteiger partial charge in [0.2, 0.25) is 0 Å². The third-order valence-electron chi connectivity index (χ3n) is 5.02. The first-order valence-corrected chi connectivity index (χ1v) is 12.6. The average Bonchev–Trinajstić information content (AvgIpc) is 2.76. The minimum Gasteiger partial charge on any atom is -0.756 e. The standard InChI is InChI=1S/C24H35N2O4P/c1-3-5-17-26(18-6-4-2)24-12-10-22(11-13-24)8-9-23-14-19-25(20-15-23)16-7-21-30-31(27,28)29/h8-15,19-20H,3-7,16-18,21H2,1-2H3,(H-,27,28,29). The lowest BCUT2D eigenvalue weighted by atomic mass is 10.1. The predicted molar refractivity (Wildman–Crippen MR) is 124 cm³/mol. The zero-order chi connectivity index (χ0) is 22.5. The van der Waals surface area contributed by atoms with Crippen LogP contribution in [0.4, 0.5) is 5.69 Å². The summed E-state index contributed by atoms with van der Waals surface area (Å²) in [5, 5.41) is 0. The van der Waals surface area contributed by atoms with Gasteiger partial charge in [0.15, 0.2) is 18.9 Å². The van der Waals surface area contributed by atoms with Gasteiger partial charge in [-0.3, -0.25) is 4.57 Å². The van der Waals surface area contributed by atoms with E-state index < -0.39 is 7.82 Å². The molecular formula is C24H35N2O4P. The van der Waals surface area contributed by atoms with Crippen LogP contribution in [0.25, 0.3) is 12.2 Å². The Morgan fingerprint density at radius 2 is 1.52 bits per heavy atom. The number of rotatable bonds is 14. The largest absolute Gasteiger partial charge is 0.756 e. The first-order chi connectivity index (χ1) is 14.9. The molecule has 2 rings (SSSR count). The van der Waals surface area contributed by atoms with Crippen molar-refractivity contribution in [2.45, 2.75) is 52.5 Å². The van der Waals surface area contributed by atoms with Gasteiger partial charge < -0.3 is 19.2 Å². The monoisotopic (exact) mass is 446 g/mol. The van der Waals surface area contributed by atoms with E-state index >= 15 is 0 Å². The van der Waals surface area contributed by atoms with Crippen LogP contribution in [0.1, 0.15) is 57.1 Å². The molecule has 0 aliphatic rings. The van der Waals surface area contributed by atoms with E-state index in [9.17, 15) is 9.46 Å². The van der Waals surface area contributed by atoms with E-state index in [0.717, 1.165) is 24.2 Å². The number of anilines is 1. The van der Waals surface area contributed by atoms with Crippen LogP contribution in [0.3, 0.4) is 0 Å². The second-order valence-corrected chi connectivity index (χ2v) is 8.84. The predicted octanol–water partition coefficient (Wildman–Crippen LogP) is 4.42.